The Morgan fingerprint density at radius 2 is 2.07 bits per heavy atom. The van der Waals surface area contributed by atoms with Crippen molar-refractivity contribution >= 4 is 0 Å². The maximum absolute atomic E-state index is 10.9. The summed E-state index contributed by atoms with van der Waals surface area (Å²) in [5.41, 5.74) is 5.20. The van der Waals surface area contributed by atoms with Crippen molar-refractivity contribution in [1.82, 2.24) is 0 Å². The van der Waals surface area contributed by atoms with E-state index in [4.69, 9.17) is 5.73 Å². The summed E-state index contributed by atoms with van der Waals surface area (Å²) in [7, 11) is 0. The Labute approximate surface area is 94.2 Å². The zero-order valence-electron chi connectivity index (χ0n) is 10.7. The van der Waals surface area contributed by atoms with Crippen LogP contribution in [-0.2, 0) is 0 Å². The standard InChI is InChI=1S/C13H27NO/c1-5-12(4,9-14)13(15)8-6-7-10(2)11(13)3/h10-11,15H,5-9,14H2,1-4H3. The van der Waals surface area contributed by atoms with Crippen LogP contribution in [-0.4, -0.2) is 17.3 Å². The molecule has 1 rings (SSSR count). The molecule has 0 radical (unpaired) electrons. The summed E-state index contributed by atoms with van der Waals surface area (Å²) in [5, 5.41) is 10.9. The normalized spacial score (nSPS) is 41.2. The van der Waals surface area contributed by atoms with Crippen molar-refractivity contribution in [3.63, 3.8) is 0 Å². The van der Waals surface area contributed by atoms with E-state index in [1.807, 2.05) is 0 Å². The van der Waals surface area contributed by atoms with Crippen LogP contribution in [0, 0.1) is 17.3 Å². The molecule has 90 valence electrons. The highest BCUT2D eigenvalue weighted by molar-refractivity contribution is 5.02. The first-order valence-electron chi connectivity index (χ1n) is 6.33. The minimum Gasteiger partial charge on any atom is -0.389 e. The molecule has 2 heteroatoms. The fourth-order valence-corrected chi connectivity index (χ4v) is 3.12. The number of hydrogen-bond acceptors (Lipinski definition) is 2. The summed E-state index contributed by atoms with van der Waals surface area (Å²) in [6.45, 7) is 9.30. The zero-order valence-corrected chi connectivity index (χ0v) is 10.7. The van der Waals surface area contributed by atoms with E-state index >= 15 is 0 Å². The van der Waals surface area contributed by atoms with Crippen LogP contribution < -0.4 is 5.73 Å². The van der Waals surface area contributed by atoms with Gasteiger partial charge in [0.1, 0.15) is 0 Å². The number of hydrogen-bond donors (Lipinski definition) is 2. The van der Waals surface area contributed by atoms with Gasteiger partial charge in [0.05, 0.1) is 5.60 Å². The lowest BCUT2D eigenvalue weighted by Crippen LogP contribution is -2.57. The predicted molar refractivity (Wildman–Crippen MR) is 64.6 cm³/mol. The largest absolute Gasteiger partial charge is 0.389 e. The van der Waals surface area contributed by atoms with Crippen molar-refractivity contribution in [3.8, 4) is 0 Å². The van der Waals surface area contributed by atoms with Gasteiger partial charge in [0.25, 0.3) is 0 Å². The fourth-order valence-electron chi connectivity index (χ4n) is 3.12. The molecule has 4 unspecified atom stereocenters. The van der Waals surface area contributed by atoms with Crippen LogP contribution in [0.15, 0.2) is 0 Å². The second-order valence-electron chi connectivity index (χ2n) is 5.70. The van der Waals surface area contributed by atoms with E-state index < -0.39 is 5.60 Å². The van der Waals surface area contributed by atoms with Crippen LogP contribution in [0.5, 0.6) is 0 Å². The molecule has 0 bridgehead atoms. The highest BCUT2D eigenvalue weighted by Gasteiger charge is 2.51. The lowest BCUT2D eigenvalue weighted by molar-refractivity contribution is -0.148. The van der Waals surface area contributed by atoms with Crippen molar-refractivity contribution in [2.24, 2.45) is 23.0 Å². The molecule has 0 aromatic rings. The average Bonchev–Trinajstić information content (AvgIpc) is 2.24. The van der Waals surface area contributed by atoms with Gasteiger partial charge in [-0.25, -0.2) is 0 Å². The maximum atomic E-state index is 10.9. The Morgan fingerprint density at radius 1 is 1.47 bits per heavy atom. The summed E-state index contributed by atoms with van der Waals surface area (Å²) < 4.78 is 0. The van der Waals surface area contributed by atoms with Crippen LogP contribution in [0.4, 0.5) is 0 Å². The molecule has 1 saturated carbocycles. The van der Waals surface area contributed by atoms with E-state index in [9.17, 15) is 5.11 Å². The van der Waals surface area contributed by atoms with Crippen LogP contribution >= 0.6 is 0 Å². The lowest BCUT2D eigenvalue weighted by Gasteiger charge is -2.52. The van der Waals surface area contributed by atoms with Crippen molar-refractivity contribution in [2.45, 2.75) is 59.0 Å². The molecule has 0 heterocycles. The molecule has 0 saturated heterocycles. The van der Waals surface area contributed by atoms with Gasteiger partial charge in [-0.05, 0) is 24.7 Å². The second-order valence-corrected chi connectivity index (χ2v) is 5.70. The molecule has 0 amide bonds. The molecule has 1 fully saturated rings. The second kappa shape index (κ2) is 4.42. The molecular weight excluding hydrogens is 186 g/mol. The Bertz CT molecular complexity index is 213. The molecule has 4 atom stereocenters. The van der Waals surface area contributed by atoms with Gasteiger partial charge < -0.3 is 10.8 Å². The monoisotopic (exact) mass is 213 g/mol. The number of nitrogens with two attached hydrogens (primary N) is 1. The van der Waals surface area contributed by atoms with E-state index in [0.29, 0.717) is 18.4 Å². The quantitative estimate of drug-likeness (QED) is 0.757. The molecule has 1 aliphatic carbocycles. The van der Waals surface area contributed by atoms with Crippen LogP contribution in [0.25, 0.3) is 0 Å². The topological polar surface area (TPSA) is 46.2 Å². The van der Waals surface area contributed by atoms with Gasteiger partial charge in [0.2, 0.25) is 0 Å². The molecule has 15 heavy (non-hydrogen) atoms. The van der Waals surface area contributed by atoms with E-state index in [1.165, 1.54) is 6.42 Å². The SMILES string of the molecule is CCC(C)(CN)C1(O)CCCC(C)C1C. The van der Waals surface area contributed by atoms with E-state index in [1.54, 1.807) is 0 Å². The first-order chi connectivity index (χ1) is 6.91. The fraction of sp³-hybridized carbons (Fsp3) is 1.00. The molecule has 1 aliphatic rings. The number of rotatable bonds is 3. The summed E-state index contributed by atoms with van der Waals surface area (Å²) in [6, 6.07) is 0. The van der Waals surface area contributed by atoms with Gasteiger partial charge in [-0.2, -0.15) is 0 Å². The van der Waals surface area contributed by atoms with E-state index in [2.05, 4.69) is 27.7 Å². The van der Waals surface area contributed by atoms with Gasteiger partial charge >= 0.3 is 0 Å². The third-order valence-electron chi connectivity index (χ3n) is 5.10. The van der Waals surface area contributed by atoms with Crippen molar-refractivity contribution in [3.05, 3.63) is 0 Å². The first kappa shape index (κ1) is 13.0. The maximum Gasteiger partial charge on any atom is 0.0740 e. The molecule has 0 aromatic carbocycles. The molecule has 0 aromatic heterocycles. The van der Waals surface area contributed by atoms with Crippen molar-refractivity contribution < 1.29 is 5.11 Å². The smallest absolute Gasteiger partial charge is 0.0740 e. The predicted octanol–water partition coefficient (Wildman–Crippen LogP) is 2.55. The lowest BCUT2D eigenvalue weighted by atomic mass is 9.57. The van der Waals surface area contributed by atoms with E-state index in [0.717, 1.165) is 19.3 Å². The van der Waals surface area contributed by atoms with Gasteiger partial charge in [-0.3, -0.25) is 0 Å². The van der Waals surface area contributed by atoms with Gasteiger partial charge in [-0.1, -0.05) is 40.5 Å². The first-order valence-corrected chi connectivity index (χ1v) is 6.33. The highest BCUT2D eigenvalue weighted by Crippen LogP contribution is 2.49. The Balaban J connectivity index is 2.97. The summed E-state index contributed by atoms with van der Waals surface area (Å²) in [6.07, 6.45) is 4.25. The Morgan fingerprint density at radius 3 is 2.53 bits per heavy atom. The van der Waals surface area contributed by atoms with Crippen LogP contribution in [0.2, 0.25) is 0 Å². The van der Waals surface area contributed by atoms with Gasteiger partial charge in [0.15, 0.2) is 0 Å². The third-order valence-corrected chi connectivity index (χ3v) is 5.10. The third kappa shape index (κ3) is 1.94. The highest BCUT2D eigenvalue weighted by atomic mass is 16.3. The van der Waals surface area contributed by atoms with E-state index in [-0.39, 0.29) is 5.41 Å². The Kier molecular flexibility index (Phi) is 3.83. The van der Waals surface area contributed by atoms with Gasteiger partial charge in [-0.15, -0.1) is 0 Å². The van der Waals surface area contributed by atoms with Crippen molar-refractivity contribution in [2.75, 3.05) is 6.54 Å². The molecule has 0 spiro atoms. The molecule has 0 aliphatic heterocycles. The number of aliphatic hydroxyl groups is 1. The molecular formula is C13H27NO. The zero-order chi connectivity index (χ0) is 11.7. The van der Waals surface area contributed by atoms with Gasteiger partial charge in [0, 0.05) is 12.0 Å². The van der Waals surface area contributed by atoms with Crippen LogP contribution in [0.1, 0.15) is 53.4 Å². The Hall–Kier alpha value is -0.0800. The minimum absolute atomic E-state index is 0.124. The van der Waals surface area contributed by atoms with Crippen LogP contribution in [0.3, 0.4) is 0 Å². The van der Waals surface area contributed by atoms with Crippen molar-refractivity contribution in [1.29, 1.82) is 0 Å². The summed E-state index contributed by atoms with van der Waals surface area (Å²) >= 11 is 0. The summed E-state index contributed by atoms with van der Waals surface area (Å²) in [4.78, 5) is 0. The average molecular weight is 213 g/mol. The molecule has 2 nitrogen and oxygen atoms in total. The summed E-state index contributed by atoms with van der Waals surface area (Å²) in [5.74, 6) is 0.973. The molecule has 3 N–H and O–H groups in total. The minimum atomic E-state index is -0.561.